The monoisotopic (exact) mass is 247 g/mol. The molecule has 0 radical (unpaired) electrons. The van der Waals surface area contributed by atoms with Crippen molar-refractivity contribution in [3.05, 3.63) is 30.0 Å². The van der Waals surface area contributed by atoms with Crippen LogP contribution in [0.25, 0.3) is 10.9 Å². The molecule has 96 valence electrons. The van der Waals surface area contributed by atoms with Gasteiger partial charge in [-0.15, -0.1) is 0 Å². The number of rotatable bonds is 4. The Kier molecular flexibility index (Phi) is 3.55. The van der Waals surface area contributed by atoms with Crippen LogP contribution in [0.1, 0.15) is 31.3 Å². The molecule has 0 spiro atoms. The smallest absolute Gasteiger partial charge is 0.354 e. The summed E-state index contributed by atoms with van der Waals surface area (Å²) in [5.41, 5.74) is 1.34. The van der Waals surface area contributed by atoms with Gasteiger partial charge in [-0.05, 0) is 39.0 Å². The maximum atomic E-state index is 11.6. The minimum absolute atomic E-state index is 0.127. The highest BCUT2D eigenvalue weighted by atomic mass is 16.5. The van der Waals surface area contributed by atoms with Crippen LogP contribution >= 0.6 is 0 Å². The lowest BCUT2D eigenvalue weighted by atomic mass is 10.2. The van der Waals surface area contributed by atoms with Crippen LogP contribution in [0.3, 0.4) is 0 Å². The fraction of sp³-hybridized carbons (Fsp3) is 0.357. The first-order valence-corrected chi connectivity index (χ1v) is 6.06. The standard InChI is InChI=1S/C14H17NO3/c1-4-17-14(16)13-7-10-5-6-11(18-9(2)3)8-12(10)15-13/h5-9,15H,4H2,1-3H3. The van der Waals surface area contributed by atoms with Gasteiger partial charge in [-0.3, -0.25) is 0 Å². The van der Waals surface area contributed by atoms with Gasteiger partial charge in [0, 0.05) is 17.0 Å². The number of aromatic nitrogens is 1. The number of aromatic amines is 1. The minimum atomic E-state index is -0.333. The van der Waals surface area contributed by atoms with Crippen LogP contribution in [0.5, 0.6) is 5.75 Å². The summed E-state index contributed by atoms with van der Waals surface area (Å²) in [4.78, 5) is 14.6. The number of carbonyl (C=O) groups is 1. The van der Waals surface area contributed by atoms with E-state index >= 15 is 0 Å². The maximum Gasteiger partial charge on any atom is 0.354 e. The first kappa shape index (κ1) is 12.5. The van der Waals surface area contributed by atoms with E-state index in [1.165, 1.54) is 0 Å². The molecule has 0 atom stereocenters. The number of esters is 1. The van der Waals surface area contributed by atoms with Crippen LogP contribution < -0.4 is 4.74 Å². The Balaban J connectivity index is 2.30. The fourth-order valence-corrected chi connectivity index (χ4v) is 1.77. The number of H-pyrrole nitrogens is 1. The number of ether oxygens (including phenoxy) is 2. The molecule has 1 aromatic heterocycles. The van der Waals surface area contributed by atoms with Crippen LogP contribution in [0.2, 0.25) is 0 Å². The van der Waals surface area contributed by atoms with Crippen LogP contribution in [0, 0.1) is 0 Å². The van der Waals surface area contributed by atoms with E-state index in [0.717, 1.165) is 16.7 Å². The van der Waals surface area contributed by atoms with Crippen molar-refractivity contribution in [3.63, 3.8) is 0 Å². The van der Waals surface area contributed by atoms with Crippen molar-refractivity contribution in [2.24, 2.45) is 0 Å². The Labute approximate surface area is 106 Å². The second kappa shape index (κ2) is 5.12. The summed E-state index contributed by atoms with van der Waals surface area (Å²) in [7, 11) is 0. The molecule has 0 bridgehead atoms. The molecule has 0 fully saturated rings. The van der Waals surface area contributed by atoms with E-state index in [9.17, 15) is 4.79 Å². The molecule has 0 aliphatic heterocycles. The average Bonchev–Trinajstić information content (AvgIpc) is 2.71. The van der Waals surface area contributed by atoms with Gasteiger partial charge in [-0.2, -0.15) is 0 Å². The molecule has 0 saturated heterocycles. The van der Waals surface area contributed by atoms with Gasteiger partial charge in [0.1, 0.15) is 11.4 Å². The Hall–Kier alpha value is -1.97. The van der Waals surface area contributed by atoms with E-state index in [2.05, 4.69) is 4.98 Å². The van der Waals surface area contributed by atoms with E-state index in [0.29, 0.717) is 12.3 Å². The molecule has 0 aliphatic rings. The molecule has 4 nitrogen and oxygen atoms in total. The van der Waals surface area contributed by atoms with E-state index in [1.807, 2.05) is 32.0 Å². The average molecular weight is 247 g/mol. The number of fused-ring (bicyclic) bond motifs is 1. The van der Waals surface area contributed by atoms with Gasteiger partial charge in [0.2, 0.25) is 0 Å². The summed E-state index contributed by atoms with van der Waals surface area (Å²) >= 11 is 0. The fourth-order valence-electron chi connectivity index (χ4n) is 1.77. The molecule has 0 amide bonds. The van der Waals surface area contributed by atoms with E-state index in [1.54, 1.807) is 13.0 Å². The zero-order valence-corrected chi connectivity index (χ0v) is 10.8. The molecule has 18 heavy (non-hydrogen) atoms. The summed E-state index contributed by atoms with van der Waals surface area (Å²) in [6.45, 7) is 6.11. The Morgan fingerprint density at radius 3 is 2.78 bits per heavy atom. The third-order valence-corrected chi connectivity index (χ3v) is 2.46. The zero-order valence-electron chi connectivity index (χ0n) is 10.8. The van der Waals surface area contributed by atoms with E-state index < -0.39 is 0 Å². The van der Waals surface area contributed by atoms with Crippen LogP contribution in [0.15, 0.2) is 24.3 Å². The number of hydrogen-bond acceptors (Lipinski definition) is 3. The van der Waals surface area contributed by atoms with E-state index in [-0.39, 0.29) is 12.1 Å². The molecule has 1 aromatic carbocycles. The first-order valence-electron chi connectivity index (χ1n) is 6.06. The van der Waals surface area contributed by atoms with Crippen molar-refractivity contribution in [1.82, 2.24) is 4.98 Å². The molecule has 1 N–H and O–H groups in total. The highest BCUT2D eigenvalue weighted by Crippen LogP contribution is 2.22. The van der Waals surface area contributed by atoms with Gasteiger partial charge in [-0.25, -0.2) is 4.79 Å². The minimum Gasteiger partial charge on any atom is -0.491 e. The zero-order chi connectivity index (χ0) is 13.1. The number of hydrogen-bond donors (Lipinski definition) is 1. The normalized spacial score (nSPS) is 10.9. The summed E-state index contributed by atoms with van der Waals surface area (Å²) in [6.07, 6.45) is 0.127. The lowest BCUT2D eigenvalue weighted by Crippen LogP contribution is -2.05. The van der Waals surface area contributed by atoms with Crippen LogP contribution in [-0.4, -0.2) is 23.7 Å². The van der Waals surface area contributed by atoms with Gasteiger partial charge < -0.3 is 14.5 Å². The highest BCUT2D eigenvalue weighted by molar-refractivity contribution is 5.95. The molecular weight excluding hydrogens is 230 g/mol. The SMILES string of the molecule is CCOC(=O)c1cc2ccc(OC(C)C)cc2[nH]1. The third kappa shape index (κ3) is 2.64. The Bertz CT molecular complexity index is 557. The van der Waals surface area contributed by atoms with Crippen LogP contribution in [0.4, 0.5) is 0 Å². The lowest BCUT2D eigenvalue weighted by molar-refractivity contribution is 0.0520. The van der Waals surface area contributed by atoms with Crippen LogP contribution in [-0.2, 0) is 4.74 Å². The second-order valence-electron chi connectivity index (χ2n) is 4.32. The predicted molar refractivity (Wildman–Crippen MR) is 70.0 cm³/mol. The Morgan fingerprint density at radius 1 is 1.33 bits per heavy atom. The Morgan fingerprint density at radius 2 is 2.11 bits per heavy atom. The molecule has 4 heteroatoms. The molecule has 0 saturated carbocycles. The van der Waals surface area contributed by atoms with Gasteiger partial charge in [0.05, 0.1) is 12.7 Å². The second-order valence-corrected chi connectivity index (χ2v) is 4.32. The van der Waals surface area contributed by atoms with Gasteiger partial charge >= 0.3 is 5.97 Å². The largest absolute Gasteiger partial charge is 0.491 e. The predicted octanol–water partition coefficient (Wildman–Crippen LogP) is 3.13. The molecule has 0 aliphatic carbocycles. The summed E-state index contributed by atoms with van der Waals surface area (Å²) in [6, 6.07) is 7.49. The molecule has 1 heterocycles. The summed E-state index contributed by atoms with van der Waals surface area (Å²) in [5.74, 6) is 0.454. The number of carbonyl (C=O) groups excluding carboxylic acids is 1. The molecule has 2 aromatic rings. The number of nitrogens with one attached hydrogen (secondary N) is 1. The number of benzene rings is 1. The van der Waals surface area contributed by atoms with Crippen molar-refractivity contribution < 1.29 is 14.3 Å². The maximum absolute atomic E-state index is 11.6. The van der Waals surface area contributed by atoms with Crippen molar-refractivity contribution >= 4 is 16.9 Å². The topological polar surface area (TPSA) is 51.3 Å². The van der Waals surface area contributed by atoms with Gasteiger partial charge in [0.15, 0.2) is 0 Å². The summed E-state index contributed by atoms with van der Waals surface area (Å²) in [5, 5.41) is 0.967. The molecular formula is C14H17NO3. The van der Waals surface area contributed by atoms with Gasteiger partial charge in [-0.1, -0.05) is 0 Å². The third-order valence-electron chi connectivity index (χ3n) is 2.46. The summed E-state index contributed by atoms with van der Waals surface area (Å²) < 4.78 is 10.6. The van der Waals surface area contributed by atoms with Crippen molar-refractivity contribution in [1.29, 1.82) is 0 Å². The van der Waals surface area contributed by atoms with Crippen molar-refractivity contribution in [3.8, 4) is 5.75 Å². The van der Waals surface area contributed by atoms with Gasteiger partial charge in [0.25, 0.3) is 0 Å². The lowest BCUT2D eigenvalue weighted by Gasteiger charge is -2.08. The van der Waals surface area contributed by atoms with Crippen molar-refractivity contribution in [2.75, 3.05) is 6.61 Å². The first-order chi connectivity index (χ1) is 8.60. The van der Waals surface area contributed by atoms with Crippen molar-refractivity contribution in [2.45, 2.75) is 26.9 Å². The van der Waals surface area contributed by atoms with E-state index in [4.69, 9.17) is 9.47 Å². The molecule has 0 unspecified atom stereocenters. The highest BCUT2D eigenvalue weighted by Gasteiger charge is 2.10. The molecule has 2 rings (SSSR count). The quantitative estimate of drug-likeness (QED) is 0.844.